The van der Waals surface area contributed by atoms with Crippen molar-refractivity contribution in [2.75, 3.05) is 0 Å². The Labute approximate surface area is 338 Å². The second kappa shape index (κ2) is 20.9. The summed E-state index contributed by atoms with van der Waals surface area (Å²) in [6, 6.07) is 63.4. The number of hydrogen-bond donors (Lipinski definition) is 0. The molecule has 0 saturated carbocycles. The average Bonchev–Trinajstić information content (AvgIpc) is 3.84. The quantitative estimate of drug-likeness (QED) is 0.137. The molecule has 0 N–H and O–H groups in total. The molecule has 0 heterocycles. The van der Waals surface area contributed by atoms with Gasteiger partial charge in [-0.25, -0.2) is 0 Å². The van der Waals surface area contributed by atoms with Crippen molar-refractivity contribution in [1.29, 1.82) is 0 Å². The van der Waals surface area contributed by atoms with E-state index in [4.69, 9.17) is 0 Å². The minimum atomic E-state index is 0. The van der Waals surface area contributed by atoms with E-state index in [9.17, 15) is 0 Å². The van der Waals surface area contributed by atoms with Gasteiger partial charge in [-0.05, 0) is 11.8 Å². The SMILES string of the molecule is C[Si](C)=[Zr+2].[C-]1=C(c2ccccc2)C(c2ccccc2)=CC1c1ccccc1.[C-]1=C(c2ccccc2)C(c2ccccc2)=CC1c1ccccc1.[Cl-].[Cl-]. The molecule has 0 nitrogen and oxygen atoms in total. The molecule has 4 heteroatoms. The van der Waals surface area contributed by atoms with Gasteiger partial charge >= 0.3 is 41.9 Å². The van der Waals surface area contributed by atoms with E-state index < -0.39 is 0 Å². The van der Waals surface area contributed by atoms with Crippen molar-refractivity contribution in [3.63, 3.8) is 0 Å². The van der Waals surface area contributed by atoms with E-state index in [-0.39, 0.29) is 42.1 Å². The summed E-state index contributed by atoms with van der Waals surface area (Å²) in [5.74, 6) is 0.420. The summed E-state index contributed by atoms with van der Waals surface area (Å²) in [4.78, 5) is 0. The van der Waals surface area contributed by atoms with E-state index in [1.807, 2.05) is 0 Å². The fraction of sp³-hybridized carbons (Fsp3) is 0.0833. The molecule has 0 aliphatic heterocycles. The predicted molar refractivity (Wildman–Crippen MR) is 211 cm³/mol. The van der Waals surface area contributed by atoms with Gasteiger partial charge in [0.25, 0.3) is 0 Å². The minimum absolute atomic E-state index is 0. The van der Waals surface area contributed by atoms with Gasteiger partial charge in [0.15, 0.2) is 0 Å². The van der Waals surface area contributed by atoms with Crippen LogP contribution in [0.1, 0.15) is 45.2 Å². The van der Waals surface area contributed by atoms with Crippen molar-refractivity contribution in [2.24, 2.45) is 0 Å². The van der Waals surface area contributed by atoms with E-state index in [1.54, 1.807) is 23.3 Å². The number of halogens is 2. The van der Waals surface area contributed by atoms with Gasteiger partial charge in [-0.15, -0.1) is 58.7 Å². The van der Waals surface area contributed by atoms with Gasteiger partial charge in [-0.1, -0.05) is 180 Å². The zero-order chi connectivity index (χ0) is 34.5. The molecule has 6 aromatic carbocycles. The Kier molecular flexibility index (Phi) is 16.3. The third-order valence-electron chi connectivity index (χ3n) is 8.42. The van der Waals surface area contributed by atoms with Crippen LogP contribution in [-0.4, -0.2) is 5.43 Å². The number of benzene rings is 6. The zero-order valence-electron chi connectivity index (χ0n) is 29.4. The van der Waals surface area contributed by atoms with E-state index in [1.165, 1.54) is 55.7 Å². The topological polar surface area (TPSA) is 0 Å². The van der Waals surface area contributed by atoms with Gasteiger partial charge < -0.3 is 24.8 Å². The van der Waals surface area contributed by atoms with Gasteiger partial charge in [0.1, 0.15) is 0 Å². The second-order valence-electron chi connectivity index (χ2n) is 12.4. The molecule has 0 aromatic heterocycles. The molecule has 2 aliphatic carbocycles. The average molecular weight is 807 g/mol. The third kappa shape index (κ3) is 11.0. The van der Waals surface area contributed by atoms with Crippen LogP contribution in [0.4, 0.5) is 0 Å². The monoisotopic (exact) mass is 804 g/mol. The molecule has 0 amide bonds. The maximum Gasteiger partial charge on any atom is -0.0386 e. The molecule has 6 aromatic rings. The van der Waals surface area contributed by atoms with Crippen LogP contribution < -0.4 is 24.8 Å². The number of allylic oxidation sites excluding steroid dienone is 8. The Hall–Kier alpha value is -4.04. The van der Waals surface area contributed by atoms with Crippen LogP contribution in [0.3, 0.4) is 0 Å². The molecule has 0 radical (unpaired) electrons. The van der Waals surface area contributed by atoms with Crippen molar-refractivity contribution in [3.8, 4) is 0 Å². The Morgan fingerprint density at radius 2 is 0.615 bits per heavy atom. The van der Waals surface area contributed by atoms with E-state index in [0.29, 0.717) is 0 Å². The van der Waals surface area contributed by atoms with Crippen LogP contribution in [0.5, 0.6) is 0 Å². The maximum absolute atomic E-state index is 3.70. The molecule has 52 heavy (non-hydrogen) atoms. The van der Waals surface area contributed by atoms with Gasteiger partial charge in [0, 0.05) is 0 Å². The summed E-state index contributed by atoms with van der Waals surface area (Å²) in [7, 11) is 0. The number of rotatable bonds is 6. The maximum atomic E-state index is 3.70. The molecular formula is C48H40Cl2SiZr-2. The molecular weight excluding hydrogens is 767 g/mol. The van der Waals surface area contributed by atoms with Gasteiger partial charge in [0.05, 0.1) is 0 Å². The molecule has 2 atom stereocenters. The van der Waals surface area contributed by atoms with Crippen LogP contribution in [0.15, 0.2) is 194 Å². The Morgan fingerprint density at radius 1 is 0.385 bits per heavy atom. The first-order valence-electron chi connectivity index (χ1n) is 17.1. The molecule has 0 fully saturated rings. The summed E-state index contributed by atoms with van der Waals surface area (Å²) in [6.07, 6.45) is 12.0. The third-order valence-corrected chi connectivity index (χ3v) is 8.42. The van der Waals surface area contributed by atoms with Crippen LogP contribution in [0.25, 0.3) is 22.3 Å². The van der Waals surface area contributed by atoms with E-state index in [0.717, 1.165) is 0 Å². The first kappa shape index (κ1) is 40.7. The first-order valence-corrected chi connectivity index (χ1v) is 23.3. The van der Waals surface area contributed by atoms with Crippen LogP contribution >= 0.6 is 0 Å². The summed E-state index contributed by atoms with van der Waals surface area (Å²) in [6.45, 7) is 4.62. The van der Waals surface area contributed by atoms with Gasteiger partial charge in [-0.3, -0.25) is 0 Å². The standard InChI is InChI=1S/2C23H17.C2H6Si.2ClH.Zr/c2*1-4-10-18(11-5-1)21-16-22(19-12-6-2-7-13-19)23(17-21)20-14-8-3-9-15-20;1-3-2;;;/h2*1-16,21H;1-2H3;2*1H;/q2*-1;;;;+2/p-2. The molecule has 0 bridgehead atoms. The van der Waals surface area contributed by atoms with Gasteiger partial charge in [0.2, 0.25) is 0 Å². The van der Waals surface area contributed by atoms with Crippen molar-refractivity contribution >= 4 is 27.7 Å². The van der Waals surface area contributed by atoms with Crippen LogP contribution in [0.2, 0.25) is 13.1 Å². The van der Waals surface area contributed by atoms with Crippen LogP contribution in [0, 0.1) is 12.2 Å². The fourth-order valence-corrected chi connectivity index (χ4v) is 6.13. The van der Waals surface area contributed by atoms with Crippen molar-refractivity contribution < 1.29 is 48.1 Å². The molecule has 8 rings (SSSR count). The number of hydrogen-bond acceptors (Lipinski definition) is 0. The smallest absolute Gasteiger partial charge is 0.0386 e. The molecule has 2 aliphatic rings. The normalized spacial score (nSPS) is 15.4. The summed E-state index contributed by atoms with van der Waals surface area (Å²) in [5, 5.41) is 0. The summed E-state index contributed by atoms with van der Waals surface area (Å²) >= 11 is 1.74. The molecule has 2 unspecified atom stereocenters. The van der Waals surface area contributed by atoms with Crippen molar-refractivity contribution in [1.82, 2.24) is 0 Å². The van der Waals surface area contributed by atoms with E-state index in [2.05, 4.69) is 219 Å². The van der Waals surface area contributed by atoms with Gasteiger partial charge in [-0.2, -0.15) is 23.3 Å². The Morgan fingerprint density at radius 3 is 0.885 bits per heavy atom. The molecule has 0 saturated heterocycles. The predicted octanol–water partition coefficient (Wildman–Crippen LogP) is 6.30. The zero-order valence-corrected chi connectivity index (χ0v) is 34.4. The minimum Gasteiger partial charge on any atom is -1.00 e. The Bertz CT molecular complexity index is 1840. The molecule has 0 spiro atoms. The van der Waals surface area contributed by atoms with Crippen molar-refractivity contribution in [3.05, 3.63) is 240 Å². The van der Waals surface area contributed by atoms with Crippen LogP contribution in [-0.2, 0) is 23.3 Å². The summed E-state index contributed by atoms with van der Waals surface area (Å²) < 4.78 is 0. The summed E-state index contributed by atoms with van der Waals surface area (Å²) in [5.41, 5.74) is 12.7. The molecule has 256 valence electrons. The first-order chi connectivity index (χ1) is 24.6. The van der Waals surface area contributed by atoms with E-state index >= 15 is 0 Å². The second-order valence-corrected chi connectivity index (χ2v) is 21.8. The Balaban J connectivity index is 0.000000204. The fourth-order valence-electron chi connectivity index (χ4n) is 6.13. The van der Waals surface area contributed by atoms with Crippen molar-refractivity contribution in [2.45, 2.75) is 24.9 Å². The largest absolute Gasteiger partial charge is 1.00 e.